The highest BCUT2D eigenvalue weighted by Gasteiger charge is 2.24. The molecular formula is C11H16N2O. The lowest BCUT2D eigenvalue weighted by Gasteiger charge is -2.30. The number of likely N-dealkylation sites (N-methyl/N-ethyl adjacent to an activating group) is 1. The van der Waals surface area contributed by atoms with E-state index in [1.54, 1.807) is 11.5 Å². The topological polar surface area (TPSA) is 25.2 Å². The van der Waals surface area contributed by atoms with Gasteiger partial charge in [-0.3, -0.25) is 14.3 Å². The molecule has 1 aliphatic heterocycles. The third-order valence-electron chi connectivity index (χ3n) is 3.18. The Labute approximate surface area is 84.3 Å². The second kappa shape index (κ2) is 3.24. The molecule has 2 heterocycles. The SMILES string of the molecule is CC(=O)n1ccc2c1CCN(C)C2C. The van der Waals surface area contributed by atoms with Crippen molar-refractivity contribution in [2.75, 3.05) is 13.6 Å². The maximum absolute atomic E-state index is 11.3. The Balaban J connectivity index is 2.45. The fraction of sp³-hybridized carbons (Fsp3) is 0.545. The van der Waals surface area contributed by atoms with Crippen LogP contribution in [0, 0.1) is 0 Å². The minimum atomic E-state index is 0.114. The maximum Gasteiger partial charge on any atom is 0.227 e. The molecule has 0 aromatic carbocycles. The summed E-state index contributed by atoms with van der Waals surface area (Å²) in [6.45, 7) is 4.83. The molecule has 1 atom stereocenters. The molecule has 0 amide bonds. The van der Waals surface area contributed by atoms with Crippen molar-refractivity contribution in [3.8, 4) is 0 Å². The van der Waals surface area contributed by atoms with E-state index in [-0.39, 0.29) is 5.91 Å². The number of hydrogen-bond acceptors (Lipinski definition) is 2. The molecule has 0 N–H and O–H groups in total. The first-order valence-corrected chi connectivity index (χ1v) is 5.02. The van der Waals surface area contributed by atoms with Crippen LogP contribution in [0.2, 0.25) is 0 Å². The average Bonchev–Trinajstić information content (AvgIpc) is 2.55. The van der Waals surface area contributed by atoms with E-state index in [4.69, 9.17) is 0 Å². The van der Waals surface area contributed by atoms with Crippen LogP contribution >= 0.6 is 0 Å². The van der Waals surface area contributed by atoms with Crippen LogP contribution in [0.3, 0.4) is 0 Å². The van der Waals surface area contributed by atoms with Crippen molar-refractivity contribution in [2.24, 2.45) is 0 Å². The standard InChI is InChI=1S/C11H16N2O/c1-8-10-4-7-13(9(2)14)11(10)5-6-12(8)3/h4,7-8H,5-6H2,1-3H3. The molecule has 0 saturated heterocycles. The van der Waals surface area contributed by atoms with Gasteiger partial charge in [-0.1, -0.05) is 0 Å². The van der Waals surface area contributed by atoms with E-state index in [1.807, 2.05) is 6.20 Å². The van der Waals surface area contributed by atoms with Crippen LogP contribution < -0.4 is 0 Å². The zero-order chi connectivity index (χ0) is 10.3. The van der Waals surface area contributed by atoms with Crippen LogP contribution in [0.25, 0.3) is 0 Å². The minimum Gasteiger partial charge on any atom is -0.299 e. The zero-order valence-corrected chi connectivity index (χ0v) is 8.95. The Bertz CT molecular complexity index is 367. The molecule has 0 spiro atoms. The van der Waals surface area contributed by atoms with Crippen molar-refractivity contribution in [3.05, 3.63) is 23.5 Å². The second-order valence-electron chi connectivity index (χ2n) is 4.01. The Morgan fingerprint density at radius 2 is 2.29 bits per heavy atom. The Hall–Kier alpha value is -1.09. The summed E-state index contributed by atoms with van der Waals surface area (Å²) >= 11 is 0. The van der Waals surface area contributed by atoms with Crippen molar-refractivity contribution in [3.63, 3.8) is 0 Å². The molecule has 3 heteroatoms. The largest absolute Gasteiger partial charge is 0.299 e. The molecule has 1 unspecified atom stereocenters. The van der Waals surface area contributed by atoms with E-state index >= 15 is 0 Å². The normalized spacial score (nSPS) is 22.1. The fourth-order valence-corrected chi connectivity index (χ4v) is 2.13. The summed E-state index contributed by atoms with van der Waals surface area (Å²) in [5, 5.41) is 0. The molecule has 76 valence electrons. The summed E-state index contributed by atoms with van der Waals surface area (Å²) in [4.78, 5) is 13.6. The minimum absolute atomic E-state index is 0.114. The van der Waals surface area contributed by atoms with Crippen LogP contribution in [0.15, 0.2) is 12.3 Å². The van der Waals surface area contributed by atoms with Crippen LogP contribution in [-0.2, 0) is 6.42 Å². The fourth-order valence-electron chi connectivity index (χ4n) is 2.13. The zero-order valence-electron chi connectivity index (χ0n) is 8.95. The van der Waals surface area contributed by atoms with Crippen LogP contribution in [-0.4, -0.2) is 29.0 Å². The summed E-state index contributed by atoms with van der Waals surface area (Å²) in [6.07, 6.45) is 2.87. The monoisotopic (exact) mass is 192 g/mol. The van der Waals surface area contributed by atoms with E-state index in [2.05, 4.69) is 24.9 Å². The van der Waals surface area contributed by atoms with Crippen LogP contribution in [0.1, 0.15) is 35.9 Å². The third-order valence-corrected chi connectivity index (χ3v) is 3.18. The van der Waals surface area contributed by atoms with Gasteiger partial charge in [0.1, 0.15) is 0 Å². The number of rotatable bonds is 0. The van der Waals surface area contributed by atoms with Gasteiger partial charge in [-0.15, -0.1) is 0 Å². The highest BCUT2D eigenvalue weighted by Crippen LogP contribution is 2.28. The van der Waals surface area contributed by atoms with E-state index in [0.717, 1.165) is 13.0 Å². The quantitative estimate of drug-likeness (QED) is 0.625. The number of carbonyl (C=O) groups is 1. The van der Waals surface area contributed by atoms with E-state index in [1.165, 1.54) is 11.3 Å². The van der Waals surface area contributed by atoms with Gasteiger partial charge in [0.05, 0.1) is 0 Å². The van der Waals surface area contributed by atoms with E-state index in [0.29, 0.717) is 6.04 Å². The van der Waals surface area contributed by atoms with Crippen molar-refractivity contribution in [1.82, 2.24) is 9.47 Å². The Morgan fingerprint density at radius 1 is 1.57 bits per heavy atom. The summed E-state index contributed by atoms with van der Waals surface area (Å²) in [5.41, 5.74) is 2.50. The van der Waals surface area contributed by atoms with Crippen molar-refractivity contribution in [2.45, 2.75) is 26.3 Å². The molecule has 0 radical (unpaired) electrons. The molecule has 0 saturated carbocycles. The summed E-state index contributed by atoms with van der Waals surface area (Å²) in [6, 6.07) is 2.50. The smallest absolute Gasteiger partial charge is 0.227 e. The molecule has 3 nitrogen and oxygen atoms in total. The average molecular weight is 192 g/mol. The molecule has 14 heavy (non-hydrogen) atoms. The lowest BCUT2D eigenvalue weighted by atomic mass is 10.0. The Morgan fingerprint density at radius 3 is 2.93 bits per heavy atom. The number of hydrogen-bond donors (Lipinski definition) is 0. The highest BCUT2D eigenvalue weighted by molar-refractivity contribution is 5.77. The number of carbonyl (C=O) groups excluding carboxylic acids is 1. The molecule has 1 aliphatic rings. The lowest BCUT2D eigenvalue weighted by molar-refractivity contribution is 0.0931. The molecule has 0 bridgehead atoms. The molecule has 0 aliphatic carbocycles. The highest BCUT2D eigenvalue weighted by atomic mass is 16.1. The first-order valence-electron chi connectivity index (χ1n) is 5.02. The molecule has 2 rings (SSSR count). The molecule has 1 aromatic rings. The van der Waals surface area contributed by atoms with Gasteiger partial charge in [-0.25, -0.2) is 0 Å². The number of aromatic nitrogens is 1. The summed E-state index contributed by atoms with van der Waals surface area (Å²) < 4.78 is 1.78. The van der Waals surface area contributed by atoms with Crippen LogP contribution in [0.5, 0.6) is 0 Å². The first-order chi connectivity index (χ1) is 6.61. The predicted octanol–water partition coefficient (Wildman–Crippen LogP) is 1.70. The molecular weight excluding hydrogens is 176 g/mol. The van der Waals surface area contributed by atoms with Gasteiger partial charge < -0.3 is 0 Å². The van der Waals surface area contributed by atoms with Crippen molar-refractivity contribution < 1.29 is 4.79 Å². The molecule has 1 aromatic heterocycles. The first kappa shape index (κ1) is 9.46. The van der Waals surface area contributed by atoms with E-state index < -0.39 is 0 Å². The van der Waals surface area contributed by atoms with Gasteiger partial charge in [0.2, 0.25) is 5.91 Å². The van der Waals surface area contributed by atoms with Crippen molar-refractivity contribution in [1.29, 1.82) is 0 Å². The predicted molar refractivity (Wildman–Crippen MR) is 55.5 cm³/mol. The van der Waals surface area contributed by atoms with Crippen LogP contribution in [0.4, 0.5) is 0 Å². The second-order valence-corrected chi connectivity index (χ2v) is 4.01. The number of fused-ring (bicyclic) bond motifs is 1. The summed E-state index contributed by atoms with van der Waals surface area (Å²) in [7, 11) is 2.12. The van der Waals surface area contributed by atoms with Gasteiger partial charge in [-0.2, -0.15) is 0 Å². The van der Waals surface area contributed by atoms with Gasteiger partial charge >= 0.3 is 0 Å². The number of nitrogens with zero attached hydrogens (tertiary/aromatic N) is 2. The van der Waals surface area contributed by atoms with Gasteiger partial charge in [0.15, 0.2) is 0 Å². The van der Waals surface area contributed by atoms with Gasteiger partial charge in [0.25, 0.3) is 0 Å². The summed E-state index contributed by atoms with van der Waals surface area (Å²) in [5.74, 6) is 0.114. The maximum atomic E-state index is 11.3. The Kier molecular flexibility index (Phi) is 2.19. The lowest BCUT2D eigenvalue weighted by Crippen LogP contribution is -2.31. The van der Waals surface area contributed by atoms with E-state index in [9.17, 15) is 4.79 Å². The third kappa shape index (κ3) is 1.28. The van der Waals surface area contributed by atoms with Gasteiger partial charge in [0, 0.05) is 37.8 Å². The van der Waals surface area contributed by atoms with Gasteiger partial charge in [-0.05, 0) is 25.6 Å². The molecule has 0 fully saturated rings. The van der Waals surface area contributed by atoms with Crippen molar-refractivity contribution >= 4 is 5.91 Å².